The summed E-state index contributed by atoms with van der Waals surface area (Å²) < 4.78 is 11.5. The summed E-state index contributed by atoms with van der Waals surface area (Å²) in [7, 11) is 0. The summed E-state index contributed by atoms with van der Waals surface area (Å²) in [6, 6.07) is 4.00. The molecule has 3 aliphatic rings. The molecule has 0 aromatic carbocycles. The van der Waals surface area contributed by atoms with Crippen LogP contribution in [-0.4, -0.2) is 41.6 Å². The van der Waals surface area contributed by atoms with Gasteiger partial charge < -0.3 is 14.4 Å². The van der Waals surface area contributed by atoms with Crippen LogP contribution in [-0.2, 0) is 25.6 Å². The van der Waals surface area contributed by atoms with Crippen molar-refractivity contribution in [1.82, 2.24) is 4.90 Å². The van der Waals surface area contributed by atoms with Gasteiger partial charge in [-0.15, -0.1) is 11.3 Å². The molecule has 1 aromatic rings. The van der Waals surface area contributed by atoms with Crippen LogP contribution in [0.15, 0.2) is 29.7 Å². The van der Waals surface area contributed by atoms with Crippen LogP contribution < -0.4 is 0 Å². The van der Waals surface area contributed by atoms with Gasteiger partial charge in [-0.2, -0.15) is 0 Å². The molecule has 24 heavy (non-hydrogen) atoms. The topological polar surface area (TPSA) is 55.8 Å². The van der Waals surface area contributed by atoms with E-state index < -0.39 is 17.4 Å². The lowest BCUT2D eigenvalue weighted by Crippen LogP contribution is -2.40. The van der Waals surface area contributed by atoms with Gasteiger partial charge in [0.25, 0.3) is 0 Å². The van der Waals surface area contributed by atoms with Crippen LogP contribution in [0.1, 0.15) is 24.6 Å². The Labute approximate surface area is 145 Å². The standard InChI is InChI=1S/C18H21NO4S/c1-2-3-8-22-17(21)14-13-6-7-18(23-13)11-19(16(20)15(14)18)10-12-5-4-9-24-12/h4-7,9,13-15H,2-3,8,10-11H2,1H3/t13-,14-,15+,18-/m1/s1. The molecule has 1 spiro atoms. The number of likely N-dealkylation sites (tertiary alicyclic amines) is 1. The zero-order chi connectivity index (χ0) is 16.7. The lowest BCUT2D eigenvalue weighted by atomic mass is 9.77. The van der Waals surface area contributed by atoms with Gasteiger partial charge in [-0.25, -0.2) is 0 Å². The lowest BCUT2D eigenvalue weighted by Gasteiger charge is -2.22. The van der Waals surface area contributed by atoms with E-state index >= 15 is 0 Å². The summed E-state index contributed by atoms with van der Waals surface area (Å²) in [6.07, 6.45) is 5.39. The SMILES string of the molecule is CCCCOC(=O)[C@H]1[C@H]2C(=O)N(Cc3cccs3)C[C@]23C=C[C@H]1O3. The Kier molecular flexibility index (Phi) is 3.96. The number of thiophene rings is 1. The first kappa shape index (κ1) is 15.8. The highest BCUT2D eigenvalue weighted by Gasteiger charge is 2.67. The number of nitrogens with zero attached hydrogens (tertiary/aromatic N) is 1. The van der Waals surface area contributed by atoms with E-state index in [1.807, 2.05) is 34.6 Å². The Morgan fingerprint density at radius 3 is 3.17 bits per heavy atom. The zero-order valence-electron chi connectivity index (χ0n) is 13.6. The normalized spacial score (nSPS) is 33.3. The van der Waals surface area contributed by atoms with E-state index in [2.05, 4.69) is 6.92 Å². The van der Waals surface area contributed by atoms with Crippen molar-refractivity contribution in [2.24, 2.45) is 11.8 Å². The number of carbonyl (C=O) groups excluding carboxylic acids is 2. The van der Waals surface area contributed by atoms with E-state index in [-0.39, 0.29) is 18.0 Å². The molecule has 0 radical (unpaired) electrons. The number of hydrogen-bond acceptors (Lipinski definition) is 5. The average molecular weight is 347 g/mol. The third kappa shape index (κ3) is 2.40. The van der Waals surface area contributed by atoms with Gasteiger partial charge in [0.2, 0.25) is 5.91 Å². The molecule has 0 saturated carbocycles. The van der Waals surface area contributed by atoms with E-state index in [1.54, 1.807) is 11.3 Å². The maximum Gasteiger partial charge on any atom is 0.312 e. The molecule has 4 heterocycles. The molecule has 4 rings (SSSR count). The highest BCUT2D eigenvalue weighted by Crippen LogP contribution is 2.52. The van der Waals surface area contributed by atoms with Crippen LogP contribution in [0.2, 0.25) is 0 Å². The van der Waals surface area contributed by atoms with Crippen LogP contribution in [0.3, 0.4) is 0 Å². The number of unbranched alkanes of at least 4 members (excludes halogenated alkanes) is 1. The molecule has 0 N–H and O–H groups in total. The first-order valence-electron chi connectivity index (χ1n) is 8.49. The molecule has 2 fully saturated rings. The van der Waals surface area contributed by atoms with Crippen molar-refractivity contribution in [3.05, 3.63) is 34.5 Å². The van der Waals surface area contributed by atoms with Crippen LogP contribution in [0.4, 0.5) is 0 Å². The predicted molar refractivity (Wildman–Crippen MR) is 89.3 cm³/mol. The van der Waals surface area contributed by atoms with Crippen molar-refractivity contribution in [3.8, 4) is 0 Å². The molecule has 6 heteroatoms. The Morgan fingerprint density at radius 2 is 2.42 bits per heavy atom. The quantitative estimate of drug-likeness (QED) is 0.450. The van der Waals surface area contributed by atoms with Gasteiger partial charge in [-0.1, -0.05) is 31.6 Å². The van der Waals surface area contributed by atoms with Crippen LogP contribution in [0.25, 0.3) is 0 Å². The maximum absolute atomic E-state index is 13.0. The number of hydrogen-bond donors (Lipinski definition) is 0. The second-order valence-electron chi connectivity index (χ2n) is 6.69. The maximum atomic E-state index is 13.0. The van der Waals surface area contributed by atoms with E-state index in [1.165, 1.54) is 0 Å². The van der Waals surface area contributed by atoms with E-state index in [0.717, 1.165) is 17.7 Å². The highest BCUT2D eigenvalue weighted by atomic mass is 32.1. The van der Waals surface area contributed by atoms with Crippen LogP contribution in [0, 0.1) is 11.8 Å². The van der Waals surface area contributed by atoms with Gasteiger partial charge in [-0.3, -0.25) is 9.59 Å². The summed E-state index contributed by atoms with van der Waals surface area (Å²) in [6.45, 7) is 3.55. The second kappa shape index (κ2) is 6.01. The third-order valence-electron chi connectivity index (χ3n) is 5.12. The van der Waals surface area contributed by atoms with Gasteiger partial charge in [-0.05, 0) is 17.9 Å². The van der Waals surface area contributed by atoms with Crippen molar-refractivity contribution >= 4 is 23.2 Å². The molecule has 1 amide bonds. The van der Waals surface area contributed by atoms with Crippen molar-refractivity contribution in [2.75, 3.05) is 13.2 Å². The third-order valence-corrected chi connectivity index (χ3v) is 5.98. The zero-order valence-corrected chi connectivity index (χ0v) is 14.5. The number of esters is 1. The monoisotopic (exact) mass is 347 g/mol. The fraction of sp³-hybridized carbons (Fsp3) is 0.556. The number of amides is 1. The molecule has 2 bridgehead atoms. The summed E-state index contributed by atoms with van der Waals surface area (Å²) in [5.74, 6) is -1.24. The number of fused-ring (bicyclic) bond motifs is 1. The van der Waals surface area contributed by atoms with Crippen molar-refractivity contribution in [3.63, 3.8) is 0 Å². The molecule has 0 aliphatic carbocycles. The average Bonchev–Trinajstić information content (AvgIpc) is 3.31. The fourth-order valence-corrected chi connectivity index (χ4v) is 4.70. The first-order valence-corrected chi connectivity index (χ1v) is 9.37. The molecule has 4 atom stereocenters. The number of rotatable bonds is 6. The predicted octanol–water partition coefficient (Wildman–Crippen LogP) is 2.37. The molecule has 128 valence electrons. The summed E-state index contributed by atoms with van der Waals surface area (Å²) in [5, 5.41) is 2.00. The molecule has 5 nitrogen and oxygen atoms in total. The summed E-state index contributed by atoms with van der Waals surface area (Å²) >= 11 is 1.63. The molecule has 2 saturated heterocycles. The van der Waals surface area contributed by atoms with Crippen LogP contribution >= 0.6 is 11.3 Å². The fourth-order valence-electron chi connectivity index (χ4n) is 3.99. The molecular formula is C18H21NO4S. The largest absolute Gasteiger partial charge is 0.465 e. The van der Waals surface area contributed by atoms with Crippen molar-refractivity contribution in [1.29, 1.82) is 0 Å². The van der Waals surface area contributed by atoms with Gasteiger partial charge in [0.15, 0.2) is 0 Å². The Morgan fingerprint density at radius 1 is 1.54 bits per heavy atom. The minimum atomic E-state index is -0.645. The van der Waals surface area contributed by atoms with Crippen molar-refractivity contribution in [2.45, 2.75) is 38.0 Å². The molecule has 0 unspecified atom stereocenters. The lowest BCUT2D eigenvalue weighted by molar-refractivity contribution is -0.154. The van der Waals surface area contributed by atoms with Crippen LogP contribution in [0.5, 0.6) is 0 Å². The summed E-state index contributed by atoms with van der Waals surface area (Å²) in [5.41, 5.74) is -0.645. The Hall–Kier alpha value is -1.66. The smallest absolute Gasteiger partial charge is 0.312 e. The number of carbonyl (C=O) groups is 2. The number of ether oxygens (including phenoxy) is 2. The Balaban J connectivity index is 1.52. The van der Waals surface area contributed by atoms with Gasteiger partial charge in [0.05, 0.1) is 31.7 Å². The van der Waals surface area contributed by atoms with E-state index in [0.29, 0.717) is 19.7 Å². The van der Waals surface area contributed by atoms with Gasteiger partial charge in [0, 0.05) is 4.88 Å². The highest BCUT2D eigenvalue weighted by molar-refractivity contribution is 7.09. The second-order valence-corrected chi connectivity index (χ2v) is 7.73. The van der Waals surface area contributed by atoms with Gasteiger partial charge >= 0.3 is 5.97 Å². The molecular weight excluding hydrogens is 326 g/mol. The Bertz CT molecular complexity index is 671. The minimum Gasteiger partial charge on any atom is -0.465 e. The first-order chi connectivity index (χ1) is 11.6. The van der Waals surface area contributed by atoms with E-state index in [4.69, 9.17) is 9.47 Å². The minimum absolute atomic E-state index is 0.00712. The van der Waals surface area contributed by atoms with Crippen molar-refractivity contribution < 1.29 is 19.1 Å². The molecule has 3 aliphatic heterocycles. The van der Waals surface area contributed by atoms with Gasteiger partial charge in [0.1, 0.15) is 11.5 Å². The van der Waals surface area contributed by atoms with E-state index in [9.17, 15) is 9.59 Å². The summed E-state index contributed by atoms with van der Waals surface area (Å²) in [4.78, 5) is 28.4. The molecule has 1 aromatic heterocycles.